The van der Waals surface area contributed by atoms with Gasteiger partial charge in [-0.1, -0.05) is 13.3 Å². The van der Waals surface area contributed by atoms with Gasteiger partial charge in [-0.3, -0.25) is 14.9 Å². The second-order valence-electron chi connectivity index (χ2n) is 4.03. The number of amides is 2. The highest BCUT2D eigenvalue weighted by molar-refractivity contribution is 5.99. The Morgan fingerprint density at radius 2 is 2.08 bits per heavy atom. The molecule has 3 nitrogen and oxygen atoms in total. The topological polar surface area (TPSA) is 46.2 Å². The van der Waals surface area contributed by atoms with E-state index in [9.17, 15) is 9.59 Å². The molecule has 0 aromatic carbocycles. The molecule has 3 heteroatoms. The molecular formula is C9H13NO2. The standard InChI is InChI=1S/C9H13NO2/c1-6-8(12)10-7(11)5-9(6)3-2-4-9/h6H,2-5H2,1H3,(H,10,11,12). The number of carbonyl (C=O) groups is 2. The third kappa shape index (κ3) is 0.886. The molecule has 12 heavy (non-hydrogen) atoms. The maximum atomic E-state index is 11.3. The molecule has 2 amide bonds. The van der Waals surface area contributed by atoms with E-state index in [1.807, 2.05) is 6.92 Å². The molecule has 2 fully saturated rings. The summed E-state index contributed by atoms with van der Waals surface area (Å²) < 4.78 is 0. The van der Waals surface area contributed by atoms with E-state index in [4.69, 9.17) is 0 Å². The van der Waals surface area contributed by atoms with Gasteiger partial charge in [0.15, 0.2) is 0 Å². The van der Waals surface area contributed by atoms with E-state index in [0.717, 1.165) is 12.8 Å². The van der Waals surface area contributed by atoms with Crippen molar-refractivity contribution in [3.8, 4) is 0 Å². The lowest BCUT2D eigenvalue weighted by molar-refractivity contribution is -0.147. The van der Waals surface area contributed by atoms with E-state index in [1.165, 1.54) is 6.42 Å². The number of hydrogen-bond donors (Lipinski definition) is 1. The summed E-state index contributed by atoms with van der Waals surface area (Å²) in [5.41, 5.74) is 0.0411. The van der Waals surface area contributed by atoms with E-state index in [1.54, 1.807) is 0 Å². The van der Waals surface area contributed by atoms with Crippen molar-refractivity contribution >= 4 is 11.8 Å². The fraction of sp³-hybridized carbons (Fsp3) is 0.778. The van der Waals surface area contributed by atoms with Crippen LogP contribution < -0.4 is 5.32 Å². The fourth-order valence-corrected chi connectivity index (χ4v) is 2.28. The first-order valence-corrected chi connectivity index (χ1v) is 4.48. The average molecular weight is 167 g/mol. The van der Waals surface area contributed by atoms with Crippen LogP contribution in [0.3, 0.4) is 0 Å². The molecule has 1 N–H and O–H groups in total. The van der Waals surface area contributed by atoms with E-state index in [0.29, 0.717) is 6.42 Å². The molecule has 1 heterocycles. The lowest BCUT2D eigenvalue weighted by Gasteiger charge is -2.47. The fourth-order valence-electron chi connectivity index (χ4n) is 2.28. The lowest BCUT2D eigenvalue weighted by atomic mass is 9.58. The van der Waals surface area contributed by atoms with Crippen LogP contribution in [-0.4, -0.2) is 11.8 Å². The molecular weight excluding hydrogens is 154 g/mol. The Balaban J connectivity index is 2.21. The highest BCUT2D eigenvalue weighted by Crippen LogP contribution is 2.51. The molecule has 0 radical (unpaired) electrons. The van der Waals surface area contributed by atoms with Crippen molar-refractivity contribution in [3.63, 3.8) is 0 Å². The van der Waals surface area contributed by atoms with Crippen molar-refractivity contribution in [1.82, 2.24) is 5.32 Å². The van der Waals surface area contributed by atoms with Crippen LogP contribution in [0.25, 0.3) is 0 Å². The summed E-state index contributed by atoms with van der Waals surface area (Å²) in [6.07, 6.45) is 3.82. The van der Waals surface area contributed by atoms with Crippen molar-refractivity contribution < 1.29 is 9.59 Å². The summed E-state index contributed by atoms with van der Waals surface area (Å²) in [5, 5.41) is 2.37. The van der Waals surface area contributed by atoms with Gasteiger partial charge in [0.2, 0.25) is 11.8 Å². The lowest BCUT2D eigenvalue weighted by Crippen LogP contribution is -2.53. The number of hydrogen-bond acceptors (Lipinski definition) is 2. The summed E-state index contributed by atoms with van der Waals surface area (Å²) in [6, 6.07) is 0. The second kappa shape index (κ2) is 2.31. The van der Waals surface area contributed by atoms with Crippen molar-refractivity contribution in [2.45, 2.75) is 32.6 Å². The molecule has 0 aromatic rings. The quantitative estimate of drug-likeness (QED) is 0.543. The first kappa shape index (κ1) is 7.77. The highest BCUT2D eigenvalue weighted by atomic mass is 16.2. The van der Waals surface area contributed by atoms with Crippen LogP contribution in [0, 0.1) is 11.3 Å². The van der Waals surface area contributed by atoms with Crippen molar-refractivity contribution in [2.75, 3.05) is 0 Å². The molecule has 1 atom stereocenters. The number of imide groups is 1. The molecule has 1 spiro atoms. The van der Waals surface area contributed by atoms with Crippen LogP contribution in [0.4, 0.5) is 0 Å². The van der Waals surface area contributed by atoms with Gasteiger partial charge in [-0.05, 0) is 18.3 Å². The van der Waals surface area contributed by atoms with Gasteiger partial charge in [0.1, 0.15) is 0 Å². The molecule has 0 aromatic heterocycles. The Bertz CT molecular complexity index is 243. The molecule has 66 valence electrons. The van der Waals surface area contributed by atoms with Gasteiger partial charge < -0.3 is 0 Å². The van der Waals surface area contributed by atoms with Crippen LogP contribution >= 0.6 is 0 Å². The predicted octanol–water partition coefficient (Wildman–Crippen LogP) is 0.839. The van der Waals surface area contributed by atoms with Gasteiger partial charge in [0.25, 0.3) is 0 Å². The van der Waals surface area contributed by atoms with Gasteiger partial charge >= 0.3 is 0 Å². The third-order valence-electron chi connectivity index (χ3n) is 3.44. The molecule has 1 saturated heterocycles. The SMILES string of the molecule is CC1C(=O)NC(=O)CC12CCC2. The van der Waals surface area contributed by atoms with E-state index >= 15 is 0 Å². The molecule has 1 unspecified atom stereocenters. The summed E-state index contributed by atoms with van der Waals surface area (Å²) in [7, 11) is 0. The maximum absolute atomic E-state index is 11.3. The smallest absolute Gasteiger partial charge is 0.229 e. The first-order chi connectivity index (χ1) is 5.64. The summed E-state index contributed by atoms with van der Waals surface area (Å²) in [6.45, 7) is 1.93. The number of carbonyl (C=O) groups excluding carboxylic acids is 2. The molecule has 1 aliphatic heterocycles. The highest BCUT2D eigenvalue weighted by Gasteiger charge is 2.49. The zero-order chi connectivity index (χ0) is 8.77. The minimum Gasteiger partial charge on any atom is -0.296 e. The Morgan fingerprint density at radius 1 is 1.42 bits per heavy atom. The molecule has 0 bridgehead atoms. The molecule has 2 rings (SSSR count). The first-order valence-electron chi connectivity index (χ1n) is 4.48. The van der Waals surface area contributed by atoms with E-state index in [2.05, 4.69) is 5.32 Å². The Morgan fingerprint density at radius 3 is 2.58 bits per heavy atom. The van der Waals surface area contributed by atoms with Gasteiger partial charge in [0.05, 0.1) is 0 Å². The zero-order valence-electron chi connectivity index (χ0n) is 7.22. The van der Waals surface area contributed by atoms with Crippen LogP contribution in [-0.2, 0) is 9.59 Å². The van der Waals surface area contributed by atoms with Gasteiger partial charge in [-0.25, -0.2) is 0 Å². The number of rotatable bonds is 0. The summed E-state index contributed by atoms with van der Waals surface area (Å²) >= 11 is 0. The van der Waals surface area contributed by atoms with E-state index < -0.39 is 0 Å². The van der Waals surface area contributed by atoms with Crippen LogP contribution in [0.2, 0.25) is 0 Å². The maximum Gasteiger partial charge on any atom is 0.229 e. The minimum atomic E-state index is -0.0854. The molecule has 1 aliphatic carbocycles. The zero-order valence-corrected chi connectivity index (χ0v) is 7.22. The molecule has 1 saturated carbocycles. The number of piperidine rings is 1. The van der Waals surface area contributed by atoms with Gasteiger partial charge in [0, 0.05) is 12.3 Å². The second-order valence-corrected chi connectivity index (χ2v) is 4.03. The Kier molecular flexibility index (Phi) is 1.50. The van der Waals surface area contributed by atoms with Crippen molar-refractivity contribution in [3.05, 3.63) is 0 Å². The summed E-state index contributed by atoms with van der Waals surface area (Å²) in [5.74, 6) is -0.132. The van der Waals surface area contributed by atoms with Crippen LogP contribution in [0.15, 0.2) is 0 Å². The minimum absolute atomic E-state index is 0.0314. The average Bonchev–Trinajstić information content (AvgIpc) is 1.93. The Labute approximate surface area is 71.5 Å². The van der Waals surface area contributed by atoms with Crippen molar-refractivity contribution in [1.29, 1.82) is 0 Å². The predicted molar refractivity (Wildman–Crippen MR) is 43.2 cm³/mol. The molecule has 2 aliphatic rings. The normalized spacial score (nSPS) is 32.9. The van der Waals surface area contributed by atoms with Gasteiger partial charge in [-0.2, -0.15) is 0 Å². The van der Waals surface area contributed by atoms with Crippen molar-refractivity contribution in [2.24, 2.45) is 11.3 Å². The number of nitrogens with one attached hydrogen (secondary N) is 1. The Hall–Kier alpha value is -0.860. The largest absolute Gasteiger partial charge is 0.296 e. The third-order valence-corrected chi connectivity index (χ3v) is 3.44. The van der Waals surface area contributed by atoms with E-state index in [-0.39, 0.29) is 23.1 Å². The summed E-state index contributed by atoms with van der Waals surface area (Å²) in [4.78, 5) is 22.4. The van der Waals surface area contributed by atoms with Gasteiger partial charge in [-0.15, -0.1) is 0 Å². The van der Waals surface area contributed by atoms with Crippen LogP contribution in [0.1, 0.15) is 32.6 Å². The van der Waals surface area contributed by atoms with Crippen LogP contribution in [0.5, 0.6) is 0 Å². The monoisotopic (exact) mass is 167 g/mol.